The molecule has 0 heterocycles. The molecular formula is C16H16ClFN2O. The third kappa shape index (κ3) is 3.34. The van der Waals surface area contributed by atoms with Gasteiger partial charge in [-0.1, -0.05) is 29.8 Å². The number of anilines is 1. The fourth-order valence-corrected chi connectivity index (χ4v) is 2.15. The average Bonchev–Trinajstić information content (AvgIpc) is 2.44. The van der Waals surface area contributed by atoms with Crippen molar-refractivity contribution in [3.05, 3.63) is 63.9 Å². The van der Waals surface area contributed by atoms with Gasteiger partial charge in [0.2, 0.25) is 0 Å². The first kappa shape index (κ1) is 15.3. The topological polar surface area (TPSA) is 55.1 Å². The van der Waals surface area contributed by atoms with E-state index in [0.29, 0.717) is 21.7 Å². The summed E-state index contributed by atoms with van der Waals surface area (Å²) in [6.45, 7) is 3.47. The first-order valence-corrected chi connectivity index (χ1v) is 6.89. The lowest BCUT2D eigenvalue weighted by Crippen LogP contribution is -2.27. The van der Waals surface area contributed by atoms with E-state index in [0.717, 1.165) is 0 Å². The summed E-state index contributed by atoms with van der Waals surface area (Å²) in [5.41, 5.74) is 7.58. The lowest BCUT2D eigenvalue weighted by atomic mass is 10.1. The van der Waals surface area contributed by atoms with Crippen molar-refractivity contribution in [2.24, 2.45) is 0 Å². The number of benzene rings is 2. The molecule has 0 spiro atoms. The van der Waals surface area contributed by atoms with Crippen molar-refractivity contribution in [1.29, 1.82) is 0 Å². The first-order valence-electron chi connectivity index (χ1n) is 6.51. The monoisotopic (exact) mass is 306 g/mol. The molecule has 0 fully saturated rings. The molecule has 1 unspecified atom stereocenters. The smallest absolute Gasteiger partial charge is 0.253 e. The van der Waals surface area contributed by atoms with Crippen molar-refractivity contribution in [2.75, 3.05) is 5.73 Å². The van der Waals surface area contributed by atoms with Gasteiger partial charge in [0.05, 0.1) is 22.3 Å². The molecule has 2 aromatic rings. The molecule has 1 amide bonds. The van der Waals surface area contributed by atoms with Crippen LogP contribution >= 0.6 is 11.6 Å². The Kier molecular flexibility index (Phi) is 4.48. The average molecular weight is 307 g/mol. The van der Waals surface area contributed by atoms with Crippen LogP contribution in [0.4, 0.5) is 10.1 Å². The lowest BCUT2D eigenvalue weighted by Gasteiger charge is -2.16. The molecule has 5 heteroatoms. The number of amides is 1. The van der Waals surface area contributed by atoms with Gasteiger partial charge in [0, 0.05) is 0 Å². The van der Waals surface area contributed by atoms with E-state index in [1.807, 2.05) is 0 Å². The van der Waals surface area contributed by atoms with Crippen LogP contribution in [0.1, 0.15) is 34.5 Å². The zero-order valence-electron chi connectivity index (χ0n) is 11.8. The van der Waals surface area contributed by atoms with Crippen LogP contribution in [0, 0.1) is 12.7 Å². The van der Waals surface area contributed by atoms with Gasteiger partial charge in [-0.2, -0.15) is 0 Å². The van der Waals surface area contributed by atoms with Gasteiger partial charge in [-0.05, 0) is 43.2 Å². The number of carbonyl (C=O) groups excluding carboxylic acids is 1. The molecule has 0 radical (unpaired) electrons. The molecule has 0 aliphatic carbocycles. The second-order valence-corrected chi connectivity index (χ2v) is 5.31. The maximum atomic E-state index is 13.6. The molecule has 110 valence electrons. The van der Waals surface area contributed by atoms with Gasteiger partial charge in [-0.25, -0.2) is 4.39 Å². The minimum absolute atomic E-state index is 0.235. The molecule has 0 aliphatic heterocycles. The van der Waals surface area contributed by atoms with E-state index in [9.17, 15) is 9.18 Å². The Morgan fingerprint density at radius 2 is 2.05 bits per heavy atom. The van der Waals surface area contributed by atoms with Crippen LogP contribution in [0.25, 0.3) is 0 Å². The highest BCUT2D eigenvalue weighted by atomic mass is 35.5. The van der Waals surface area contributed by atoms with E-state index in [1.165, 1.54) is 6.07 Å². The summed E-state index contributed by atoms with van der Waals surface area (Å²) >= 11 is 5.90. The van der Waals surface area contributed by atoms with Crippen molar-refractivity contribution in [2.45, 2.75) is 19.9 Å². The summed E-state index contributed by atoms with van der Waals surface area (Å²) in [4.78, 5) is 12.2. The molecule has 0 bridgehead atoms. The summed E-state index contributed by atoms with van der Waals surface area (Å²) < 4.78 is 13.6. The van der Waals surface area contributed by atoms with Crippen LogP contribution in [0.2, 0.25) is 5.02 Å². The van der Waals surface area contributed by atoms with E-state index in [4.69, 9.17) is 17.3 Å². The Morgan fingerprint density at radius 1 is 1.33 bits per heavy atom. The molecule has 2 rings (SSSR count). The van der Waals surface area contributed by atoms with Crippen molar-refractivity contribution >= 4 is 23.2 Å². The molecule has 0 aromatic heterocycles. The highest BCUT2D eigenvalue weighted by molar-refractivity contribution is 6.33. The summed E-state index contributed by atoms with van der Waals surface area (Å²) in [7, 11) is 0. The normalized spacial score (nSPS) is 12.0. The van der Waals surface area contributed by atoms with Crippen LogP contribution < -0.4 is 11.1 Å². The molecule has 3 nitrogen and oxygen atoms in total. The van der Waals surface area contributed by atoms with Gasteiger partial charge in [-0.3, -0.25) is 4.79 Å². The van der Waals surface area contributed by atoms with Crippen LogP contribution in [-0.2, 0) is 0 Å². The number of para-hydroxylation sites is 1. The minimum Gasteiger partial charge on any atom is -0.397 e. The van der Waals surface area contributed by atoms with Crippen LogP contribution in [0.5, 0.6) is 0 Å². The molecule has 0 saturated heterocycles. The number of aryl methyl sites for hydroxylation is 1. The highest BCUT2D eigenvalue weighted by Crippen LogP contribution is 2.23. The van der Waals surface area contributed by atoms with Crippen LogP contribution in [0.3, 0.4) is 0 Å². The third-order valence-electron chi connectivity index (χ3n) is 3.34. The maximum Gasteiger partial charge on any atom is 0.253 e. The van der Waals surface area contributed by atoms with Gasteiger partial charge in [0.15, 0.2) is 0 Å². The number of nitrogens with two attached hydrogens (primary N) is 1. The van der Waals surface area contributed by atoms with Gasteiger partial charge in [0.25, 0.3) is 5.91 Å². The molecule has 0 saturated carbocycles. The molecule has 1 atom stereocenters. The second kappa shape index (κ2) is 6.14. The number of halogens is 2. The zero-order chi connectivity index (χ0) is 15.6. The Balaban J connectivity index is 2.18. The standard InChI is InChI=1S/C16H16ClFN2O/c1-9-6-7-11(8-14(9)18)10(2)20-16(21)12-4-3-5-13(17)15(12)19/h3-8,10H,19H2,1-2H3,(H,20,21). The van der Waals surface area contributed by atoms with Gasteiger partial charge >= 0.3 is 0 Å². The number of hydrogen-bond donors (Lipinski definition) is 2. The fraction of sp³-hybridized carbons (Fsp3) is 0.188. The Bertz CT molecular complexity index is 688. The van der Waals surface area contributed by atoms with E-state index >= 15 is 0 Å². The van der Waals surface area contributed by atoms with Crippen LogP contribution in [0.15, 0.2) is 36.4 Å². The SMILES string of the molecule is Cc1ccc(C(C)NC(=O)c2cccc(Cl)c2N)cc1F. The summed E-state index contributed by atoms with van der Waals surface area (Å²) in [5, 5.41) is 3.11. The Hall–Kier alpha value is -2.07. The van der Waals surface area contributed by atoms with Gasteiger partial charge in [0.1, 0.15) is 5.82 Å². The van der Waals surface area contributed by atoms with Crippen molar-refractivity contribution in [1.82, 2.24) is 5.32 Å². The molecular weight excluding hydrogens is 291 g/mol. The predicted octanol–water partition coefficient (Wildman–Crippen LogP) is 3.86. The van der Waals surface area contributed by atoms with Gasteiger partial charge in [-0.15, -0.1) is 0 Å². The largest absolute Gasteiger partial charge is 0.397 e. The first-order chi connectivity index (χ1) is 9.90. The van der Waals surface area contributed by atoms with E-state index in [1.54, 1.807) is 44.2 Å². The van der Waals surface area contributed by atoms with Crippen LogP contribution in [-0.4, -0.2) is 5.91 Å². The quantitative estimate of drug-likeness (QED) is 0.846. The number of carbonyl (C=O) groups is 1. The lowest BCUT2D eigenvalue weighted by molar-refractivity contribution is 0.0940. The maximum absolute atomic E-state index is 13.6. The highest BCUT2D eigenvalue weighted by Gasteiger charge is 2.15. The summed E-state index contributed by atoms with van der Waals surface area (Å²) in [5.74, 6) is -0.639. The Morgan fingerprint density at radius 3 is 2.71 bits per heavy atom. The number of rotatable bonds is 3. The molecule has 0 aliphatic rings. The minimum atomic E-state index is -0.344. The second-order valence-electron chi connectivity index (χ2n) is 4.90. The zero-order valence-corrected chi connectivity index (χ0v) is 12.5. The third-order valence-corrected chi connectivity index (χ3v) is 3.67. The van der Waals surface area contributed by atoms with Crippen molar-refractivity contribution in [3.8, 4) is 0 Å². The van der Waals surface area contributed by atoms with E-state index in [-0.39, 0.29) is 23.5 Å². The predicted molar refractivity (Wildman–Crippen MR) is 82.9 cm³/mol. The van der Waals surface area contributed by atoms with Crippen molar-refractivity contribution in [3.63, 3.8) is 0 Å². The number of hydrogen-bond acceptors (Lipinski definition) is 2. The van der Waals surface area contributed by atoms with E-state index < -0.39 is 0 Å². The molecule has 3 N–H and O–H groups in total. The number of nitrogens with one attached hydrogen (secondary N) is 1. The fourth-order valence-electron chi connectivity index (χ4n) is 1.97. The summed E-state index contributed by atoms with van der Waals surface area (Å²) in [6, 6.07) is 9.41. The number of nitrogen functional groups attached to an aromatic ring is 1. The van der Waals surface area contributed by atoms with Gasteiger partial charge < -0.3 is 11.1 Å². The van der Waals surface area contributed by atoms with Crippen molar-refractivity contribution < 1.29 is 9.18 Å². The summed E-state index contributed by atoms with van der Waals surface area (Å²) in [6.07, 6.45) is 0. The molecule has 2 aromatic carbocycles. The Labute approximate surface area is 127 Å². The van der Waals surface area contributed by atoms with E-state index in [2.05, 4.69) is 5.32 Å². The molecule has 21 heavy (non-hydrogen) atoms.